The minimum atomic E-state index is -3.82. The summed E-state index contributed by atoms with van der Waals surface area (Å²) < 4.78 is 32.4. The zero-order valence-corrected chi connectivity index (χ0v) is 18.4. The number of rotatable bonds is 5. The van der Waals surface area contributed by atoms with Gasteiger partial charge < -0.3 is 15.2 Å². The number of halogens is 1. The van der Waals surface area contributed by atoms with Gasteiger partial charge in [-0.15, -0.1) is 0 Å². The van der Waals surface area contributed by atoms with Crippen molar-refractivity contribution in [1.29, 1.82) is 0 Å². The number of aromatic nitrogens is 1. The van der Waals surface area contributed by atoms with Crippen molar-refractivity contribution >= 4 is 39.1 Å². The molecule has 2 aromatic rings. The summed E-state index contributed by atoms with van der Waals surface area (Å²) in [4.78, 5) is 24.8. The second-order valence-corrected chi connectivity index (χ2v) is 9.40. The van der Waals surface area contributed by atoms with Crippen LogP contribution in [0.5, 0.6) is 0 Å². The summed E-state index contributed by atoms with van der Waals surface area (Å²) in [5.74, 6) is -1.00. The topological polar surface area (TPSA) is 122 Å². The number of sulfonamides is 1. The van der Waals surface area contributed by atoms with Gasteiger partial charge in [0.05, 0.1) is 16.5 Å². The molecule has 0 bridgehead atoms. The van der Waals surface area contributed by atoms with Crippen molar-refractivity contribution in [2.45, 2.75) is 31.6 Å². The van der Waals surface area contributed by atoms with Gasteiger partial charge in [0, 0.05) is 25.8 Å². The molecule has 9 nitrogen and oxygen atoms in total. The van der Waals surface area contributed by atoms with E-state index in [0.717, 1.165) is 0 Å². The predicted octanol–water partition coefficient (Wildman–Crippen LogP) is 2.34. The molecule has 0 spiro atoms. The third kappa shape index (κ3) is 4.35. The first kappa shape index (κ1) is 22.3. The van der Waals surface area contributed by atoms with Gasteiger partial charge in [0.1, 0.15) is 10.6 Å². The fourth-order valence-corrected chi connectivity index (χ4v) is 5.52. The number of hydrogen-bond donors (Lipinski definition) is 2. The minimum absolute atomic E-state index is 0.0497. The smallest absolute Gasteiger partial charge is 0.252 e. The molecule has 1 aliphatic heterocycles. The Hall–Kier alpha value is -2.43. The molecule has 0 radical (unpaired) electrons. The molecule has 1 unspecified atom stereocenters. The number of nitrogens with one attached hydrogen (secondary N) is 2. The first-order chi connectivity index (χ1) is 14.1. The van der Waals surface area contributed by atoms with Crippen LogP contribution >= 0.6 is 11.6 Å². The van der Waals surface area contributed by atoms with Gasteiger partial charge in [0.2, 0.25) is 15.9 Å². The van der Waals surface area contributed by atoms with Crippen LogP contribution in [-0.2, 0) is 14.8 Å². The van der Waals surface area contributed by atoms with E-state index in [2.05, 4.69) is 15.8 Å². The lowest BCUT2D eigenvalue weighted by atomic mass is 9.98. The van der Waals surface area contributed by atoms with Crippen molar-refractivity contribution in [2.24, 2.45) is 5.92 Å². The molecule has 2 amide bonds. The highest BCUT2D eigenvalue weighted by atomic mass is 35.5. The first-order valence-electron chi connectivity index (χ1n) is 9.40. The molecule has 162 valence electrons. The lowest BCUT2D eigenvalue weighted by Gasteiger charge is -2.31. The maximum atomic E-state index is 13.0. The van der Waals surface area contributed by atoms with Gasteiger partial charge in [-0.3, -0.25) is 9.59 Å². The largest absolute Gasteiger partial charge is 0.360 e. The monoisotopic (exact) mass is 454 g/mol. The van der Waals surface area contributed by atoms with Crippen LogP contribution < -0.4 is 10.6 Å². The van der Waals surface area contributed by atoms with E-state index in [-0.39, 0.29) is 39.6 Å². The Kier molecular flexibility index (Phi) is 6.49. The number of amides is 2. The number of piperidine rings is 1. The van der Waals surface area contributed by atoms with E-state index in [0.29, 0.717) is 30.8 Å². The number of carbonyl (C=O) groups excluding carboxylic acids is 2. The Morgan fingerprint density at radius 1 is 1.30 bits per heavy atom. The predicted molar refractivity (Wildman–Crippen MR) is 111 cm³/mol. The number of hydrogen-bond acceptors (Lipinski definition) is 6. The van der Waals surface area contributed by atoms with Gasteiger partial charge in [-0.05, 0) is 44.9 Å². The fourth-order valence-electron chi connectivity index (χ4n) is 3.50. The van der Waals surface area contributed by atoms with E-state index < -0.39 is 15.9 Å². The normalized spacial score (nSPS) is 17.5. The van der Waals surface area contributed by atoms with E-state index in [1.807, 2.05) is 0 Å². The van der Waals surface area contributed by atoms with Crippen LogP contribution in [0.2, 0.25) is 5.02 Å². The molecule has 1 saturated heterocycles. The third-order valence-corrected chi connectivity index (χ3v) is 7.47. The summed E-state index contributed by atoms with van der Waals surface area (Å²) in [5.41, 5.74) is 0.943. The van der Waals surface area contributed by atoms with Gasteiger partial charge >= 0.3 is 0 Å². The highest BCUT2D eigenvalue weighted by Crippen LogP contribution is 2.28. The maximum absolute atomic E-state index is 13.0. The molecule has 1 atom stereocenters. The lowest BCUT2D eigenvalue weighted by molar-refractivity contribution is -0.120. The zero-order valence-electron chi connectivity index (χ0n) is 16.9. The lowest BCUT2D eigenvalue weighted by Crippen LogP contribution is -2.43. The molecule has 1 aliphatic rings. The van der Waals surface area contributed by atoms with Crippen LogP contribution in [0.1, 0.15) is 34.7 Å². The van der Waals surface area contributed by atoms with Gasteiger partial charge in [-0.1, -0.05) is 16.8 Å². The average Bonchev–Trinajstić information content (AvgIpc) is 3.07. The van der Waals surface area contributed by atoms with Crippen molar-refractivity contribution in [1.82, 2.24) is 14.8 Å². The summed E-state index contributed by atoms with van der Waals surface area (Å²) in [5, 5.41) is 9.23. The van der Waals surface area contributed by atoms with Gasteiger partial charge in [0.25, 0.3) is 5.91 Å². The summed E-state index contributed by atoms with van der Waals surface area (Å²) in [7, 11) is -2.33. The van der Waals surface area contributed by atoms with Gasteiger partial charge in [-0.25, -0.2) is 8.42 Å². The second-order valence-electron chi connectivity index (χ2n) is 7.12. The quantitative estimate of drug-likeness (QED) is 0.715. The van der Waals surface area contributed by atoms with Crippen molar-refractivity contribution in [3.05, 3.63) is 40.2 Å². The summed E-state index contributed by atoms with van der Waals surface area (Å²) in [6.07, 6.45) is 1.10. The molecule has 1 fully saturated rings. The second kappa shape index (κ2) is 8.75. The average molecular weight is 455 g/mol. The van der Waals surface area contributed by atoms with Crippen LogP contribution in [0, 0.1) is 19.8 Å². The highest BCUT2D eigenvalue weighted by molar-refractivity contribution is 7.89. The Morgan fingerprint density at radius 2 is 2.03 bits per heavy atom. The summed E-state index contributed by atoms with van der Waals surface area (Å²) >= 11 is 6.04. The molecule has 2 N–H and O–H groups in total. The number of benzene rings is 1. The van der Waals surface area contributed by atoms with Crippen LogP contribution in [0.25, 0.3) is 0 Å². The van der Waals surface area contributed by atoms with Crippen LogP contribution in [-0.4, -0.2) is 49.8 Å². The van der Waals surface area contributed by atoms with Crippen LogP contribution in [0.15, 0.2) is 27.6 Å². The van der Waals surface area contributed by atoms with Gasteiger partial charge in [-0.2, -0.15) is 4.31 Å². The van der Waals surface area contributed by atoms with E-state index in [1.54, 1.807) is 19.9 Å². The molecule has 2 heterocycles. The van der Waals surface area contributed by atoms with Gasteiger partial charge in [0.15, 0.2) is 5.76 Å². The van der Waals surface area contributed by atoms with Crippen molar-refractivity contribution in [3.8, 4) is 0 Å². The Bertz CT molecular complexity index is 1060. The molecular weight excluding hydrogens is 432 g/mol. The molecule has 3 rings (SSSR count). The van der Waals surface area contributed by atoms with E-state index in [1.165, 1.54) is 23.5 Å². The van der Waals surface area contributed by atoms with Crippen LogP contribution in [0.3, 0.4) is 0 Å². The Labute approximate surface area is 179 Å². The minimum Gasteiger partial charge on any atom is -0.360 e. The number of aryl methyl sites for hydroxylation is 2. The SMILES string of the molecule is CNC(=O)c1cc(NC(=O)C2CCCN(S(=O)(=O)c3c(C)noc3C)C2)ccc1Cl. The summed E-state index contributed by atoms with van der Waals surface area (Å²) in [6, 6.07) is 4.60. The van der Waals surface area contributed by atoms with Crippen LogP contribution in [0.4, 0.5) is 5.69 Å². The van der Waals surface area contributed by atoms with E-state index in [4.69, 9.17) is 16.1 Å². The van der Waals surface area contributed by atoms with E-state index in [9.17, 15) is 18.0 Å². The third-order valence-electron chi connectivity index (χ3n) is 5.03. The van der Waals surface area contributed by atoms with Crippen molar-refractivity contribution < 1.29 is 22.5 Å². The number of carbonyl (C=O) groups is 2. The van der Waals surface area contributed by atoms with E-state index >= 15 is 0 Å². The maximum Gasteiger partial charge on any atom is 0.252 e. The number of nitrogens with zero attached hydrogens (tertiary/aromatic N) is 2. The molecule has 1 aromatic heterocycles. The Balaban J connectivity index is 1.76. The molecule has 30 heavy (non-hydrogen) atoms. The number of anilines is 1. The first-order valence-corrected chi connectivity index (χ1v) is 11.2. The van der Waals surface area contributed by atoms with Crippen molar-refractivity contribution in [2.75, 3.05) is 25.5 Å². The molecule has 1 aromatic carbocycles. The Morgan fingerprint density at radius 3 is 2.67 bits per heavy atom. The standard InChI is InChI=1S/C19H23ClN4O5S/c1-11-17(12(2)29-23-11)30(27,28)24-8-4-5-13(10-24)18(25)22-14-6-7-16(20)15(9-14)19(26)21-3/h6-7,9,13H,4-5,8,10H2,1-3H3,(H,21,26)(H,22,25). The molecule has 0 saturated carbocycles. The highest BCUT2D eigenvalue weighted by Gasteiger charge is 2.36. The fraction of sp³-hybridized carbons (Fsp3) is 0.421. The zero-order chi connectivity index (χ0) is 22.1. The molecular formula is C19H23ClN4O5S. The molecule has 11 heteroatoms. The summed E-state index contributed by atoms with van der Waals surface area (Å²) in [6.45, 7) is 3.49. The molecule has 0 aliphatic carbocycles. The van der Waals surface area contributed by atoms with Crippen molar-refractivity contribution in [3.63, 3.8) is 0 Å².